The molecule has 1 aromatic carbocycles. The molecule has 0 radical (unpaired) electrons. The lowest BCUT2D eigenvalue weighted by atomic mass is 10.2. The summed E-state index contributed by atoms with van der Waals surface area (Å²) < 4.78 is 2.69. The van der Waals surface area contributed by atoms with Gasteiger partial charge in [0.25, 0.3) is 0 Å². The van der Waals surface area contributed by atoms with Gasteiger partial charge in [-0.1, -0.05) is 15.9 Å². The molecule has 0 aliphatic heterocycles. The maximum atomic E-state index is 9.00. The lowest BCUT2D eigenvalue weighted by molar-refractivity contribution is 0.659. The number of hydrogen-bond acceptors (Lipinski definition) is 2. The Labute approximate surface area is 90.1 Å². The molecule has 70 valence electrons. The summed E-state index contributed by atoms with van der Waals surface area (Å²) in [6.45, 7) is 2.69. The number of nitrogens with zero attached hydrogens (tertiary/aromatic N) is 3. The number of benzene rings is 1. The summed E-state index contributed by atoms with van der Waals surface area (Å²) in [5.74, 6) is 0. The second-order valence-corrected chi connectivity index (χ2v) is 3.85. The summed E-state index contributed by atoms with van der Waals surface area (Å²) in [4.78, 5) is 0. The van der Waals surface area contributed by atoms with Crippen molar-refractivity contribution < 1.29 is 0 Å². The van der Waals surface area contributed by atoms with Crippen LogP contribution in [0.3, 0.4) is 0 Å². The van der Waals surface area contributed by atoms with Gasteiger partial charge in [-0.05, 0) is 25.1 Å². The third-order valence-electron chi connectivity index (χ3n) is 2.11. The Morgan fingerprint density at radius 2 is 2.36 bits per heavy atom. The van der Waals surface area contributed by atoms with Crippen molar-refractivity contribution in [2.24, 2.45) is 0 Å². The minimum Gasteiger partial charge on any atom is -0.254 e. The Balaban J connectivity index is 2.83. The van der Waals surface area contributed by atoms with E-state index in [9.17, 15) is 0 Å². The van der Waals surface area contributed by atoms with Crippen LogP contribution in [0.15, 0.2) is 22.7 Å². The van der Waals surface area contributed by atoms with Crippen molar-refractivity contribution >= 4 is 26.8 Å². The molecular weight excluding hydrogens is 242 g/mol. The van der Waals surface area contributed by atoms with Gasteiger partial charge in [-0.25, -0.2) is 0 Å². The molecule has 0 atom stereocenters. The van der Waals surface area contributed by atoms with E-state index in [0.717, 1.165) is 21.9 Å². The van der Waals surface area contributed by atoms with Crippen LogP contribution in [0.2, 0.25) is 0 Å². The first-order valence-corrected chi connectivity index (χ1v) is 5.11. The van der Waals surface area contributed by atoms with Gasteiger partial charge in [0.15, 0.2) is 0 Å². The number of aryl methyl sites for hydroxylation is 1. The molecule has 2 aromatic rings. The summed E-state index contributed by atoms with van der Waals surface area (Å²) in [5.41, 5.74) is 1.50. The Hall–Kier alpha value is -1.34. The molecule has 4 heteroatoms. The number of aromatic nitrogens is 2. The summed E-state index contributed by atoms with van der Waals surface area (Å²) in [7, 11) is 0. The van der Waals surface area contributed by atoms with Gasteiger partial charge in [0.2, 0.25) is 0 Å². The maximum absolute atomic E-state index is 9.00. The number of hydrogen-bond donors (Lipinski definition) is 0. The van der Waals surface area contributed by atoms with Gasteiger partial charge in [-0.15, -0.1) is 0 Å². The molecule has 0 N–H and O–H groups in total. The second kappa shape index (κ2) is 3.43. The van der Waals surface area contributed by atoms with Crippen molar-refractivity contribution in [1.29, 1.82) is 5.26 Å². The molecule has 1 heterocycles. The van der Waals surface area contributed by atoms with Gasteiger partial charge in [-0.2, -0.15) is 10.4 Å². The normalized spacial score (nSPS) is 10.4. The maximum Gasteiger partial charge on any atom is 0.146 e. The van der Waals surface area contributed by atoms with E-state index in [4.69, 9.17) is 5.26 Å². The predicted molar refractivity (Wildman–Crippen MR) is 57.8 cm³/mol. The smallest absolute Gasteiger partial charge is 0.146 e. The highest BCUT2D eigenvalue weighted by atomic mass is 79.9. The topological polar surface area (TPSA) is 41.6 Å². The molecule has 14 heavy (non-hydrogen) atoms. The zero-order valence-corrected chi connectivity index (χ0v) is 9.24. The van der Waals surface area contributed by atoms with Crippen LogP contribution < -0.4 is 0 Å². The van der Waals surface area contributed by atoms with Crippen molar-refractivity contribution in [2.45, 2.75) is 13.5 Å². The molecule has 2 rings (SSSR count). The van der Waals surface area contributed by atoms with Crippen molar-refractivity contribution in [3.05, 3.63) is 28.4 Å². The SMILES string of the molecule is CCn1nc2ccc(Br)cc2c1C#N. The van der Waals surface area contributed by atoms with Crippen molar-refractivity contribution in [3.63, 3.8) is 0 Å². The van der Waals surface area contributed by atoms with E-state index in [1.165, 1.54) is 0 Å². The molecule has 0 amide bonds. The number of nitriles is 1. The average molecular weight is 250 g/mol. The number of halogens is 1. The molecule has 0 unspecified atom stereocenters. The largest absolute Gasteiger partial charge is 0.254 e. The van der Waals surface area contributed by atoms with Crippen LogP contribution in [-0.4, -0.2) is 9.78 Å². The summed E-state index contributed by atoms with van der Waals surface area (Å²) in [5, 5.41) is 14.2. The fourth-order valence-corrected chi connectivity index (χ4v) is 1.81. The first kappa shape index (κ1) is 9.22. The van der Waals surface area contributed by atoms with Crippen molar-refractivity contribution in [2.75, 3.05) is 0 Å². The first-order chi connectivity index (χ1) is 6.76. The number of rotatable bonds is 1. The average Bonchev–Trinajstić information content (AvgIpc) is 2.54. The fraction of sp³-hybridized carbons (Fsp3) is 0.200. The van der Waals surface area contributed by atoms with E-state index >= 15 is 0 Å². The molecule has 0 fully saturated rings. The predicted octanol–water partition coefficient (Wildman–Crippen LogP) is 2.69. The molecule has 1 aromatic heterocycles. The van der Waals surface area contributed by atoms with Crippen molar-refractivity contribution in [3.8, 4) is 6.07 Å². The fourth-order valence-electron chi connectivity index (χ4n) is 1.45. The van der Waals surface area contributed by atoms with Gasteiger partial charge < -0.3 is 0 Å². The standard InChI is InChI=1S/C10H8BrN3/c1-2-14-10(6-12)8-5-7(11)3-4-9(8)13-14/h3-5H,2H2,1H3. The Kier molecular flexibility index (Phi) is 2.26. The van der Waals surface area contributed by atoms with E-state index < -0.39 is 0 Å². The van der Waals surface area contributed by atoms with E-state index in [0.29, 0.717) is 5.69 Å². The zero-order chi connectivity index (χ0) is 10.1. The highest BCUT2D eigenvalue weighted by Gasteiger charge is 2.09. The Morgan fingerprint density at radius 1 is 1.57 bits per heavy atom. The van der Waals surface area contributed by atoms with Crippen LogP contribution >= 0.6 is 15.9 Å². The second-order valence-electron chi connectivity index (χ2n) is 2.94. The van der Waals surface area contributed by atoms with E-state index in [1.807, 2.05) is 25.1 Å². The Morgan fingerprint density at radius 3 is 3.00 bits per heavy atom. The molecule has 0 saturated heterocycles. The van der Waals surface area contributed by atoms with E-state index in [2.05, 4.69) is 27.1 Å². The van der Waals surface area contributed by atoms with Crippen LogP contribution in [0.1, 0.15) is 12.6 Å². The van der Waals surface area contributed by atoms with Gasteiger partial charge in [0.1, 0.15) is 11.8 Å². The quantitative estimate of drug-likeness (QED) is 0.780. The van der Waals surface area contributed by atoms with Gasteiger partial charge in [-0.3, -0.25) is 4.68 Å². The number of fused-ring (bicyclic) bond motifs is 1. The summed E-state index contributed by atoms with van der Waals surface area (Å²) in [6.07, 6.45) is 0. The minimum atomic E-state index is 0.629. The molecular formula is C10H8BrN3. The van der Waals surface area contributed by atoms with Gasteiger partial charge in [0.05, 0.1) is 5.52 Å². The monoisotopic (exact) mass is 249 g/mol. The summed E-state index contributed by atoms with van der Waals surface area (Å²) >= 11 is 3.38. The lowest BCUT2D eigenvalue weighted by Crippen LogP contribution is -1.98. The third kappa shape index (κ3) is 1.30. The molecule has 3 nitrogen and oxygen atoms in total. The molecule has 0 spiro atoms. The highest BCUT2D eigenvalue weighted by molar-refractivity contribution is 9.10. The van der Waals surface area contributed by atoms with Crippen LogP contribution in [0.25, 0.3) is 10.9 Å². The summed E-state index contributed by atoms with van der Waals surface area (Å²) in [6, 6.07) is 7.94. The highest BCUT2D eigenvalue weighted by Crippen LogP contribution is 2.22. The van der Waals surface area contributed by atoms with Crippen LogP contribution in [0, 0.1) is 11.3 Å². The van der Waals surface area contributed by atoms with Gasteiger partial charge >= 0.3 is 0 Å². The zero-order valence-electron chi connectivity index (χ0n) is 7.66. The molecule has 0 bridgehead atoms. The van der Waals surface area contributed by atoms with Crippen LogP contribution in [0.5, 0.6) is 0 Å². The lowest BCUT2D eigenvalue weighted by Gasteiger charge is -1.94. The minimum absolute atomic E-state index is 0.629. The van der Waals surface area contributed by atoms with Crippen molar-refractivity contribution in [1.82, 2.24) is 9.78 Å². The molecule has 0 aliphatic carbocycles. The van der Waals surface area contributed by atoms with Crippen LogP contribution in [-0.2, 0) is 6.54 Å². The van der Waals surface area contributed by atoms with Gasteiger partial charge in [0, 0.05) is 16.4 Å². The van der Waals surface area contributed by atoms with E-state index in [1.54, 1.807) is 4.68 Å². The first-order valence-electron chi connectivity index (χ1n) is 4.32. The van der Waals surface area contributed by atoms with E-state index in [-0.39, 0.29) is 0 Å². The molecule has 0 saturated carbocycles. The molecule has 0 aliphatic rings. The Bertz CT molecular complexity index is 522. The van der Waals surface area contributed by atoms with Crippen LogP contribution in [0.4, 0.5) is 0 Å². The third-order valence-corrected chi connectivity index (χ3v) is 2.60.